The fraction of sp³-hybridized carbons (Fsp3) is 0.326. The van der Waals surface area contributed by atoms with E-state index in [1.165, 1.54) is 9.80 Å². The molecule has 2 fully saturated rings. The van der Waals surface area contributed by atoms with Gasteiger partial charge in [-0.2, -0.15) is 5.06 Å². The summed E-state index contributed by atoms with van der Waals surface area (Å²) >= 11 is 0. The molecule has 0 aromatic heterocycles. The second-order valence-corrected chi connectivity index (χ2v) is 13.8. The third kappa shape index (κ3) is 10.2. The van der Waals surface area contributed by atoms with Gasteiger partial charge in [0, 0.05) is 32.2 Å². The molecule has 2 heterocycles. The van der Waals surface area contributed by atoms with Gasteiger partial charge in [-0.05, 0) is 41.5 Å². The molecule has 6 rings (SSSR count). The maximum absolute atomic E-state index is 14.7. The Labute approximate surface area is 321 Å². The minimum Gasteiger partial charge on any atom is -0.447 e. The molecule has 2 saturated heterocycles. The Hall–Kier alpha value is -6.01. The van der Waals surface area contributed by atoms with Crippen LogP contribution in [0.4, 0.5) is 4.79 Å². The predicted octanol–water partition coefficient (Wildman–Crippen LogP) is 4.22. The predicted molar refractivity (Wildman–Crippen MR) is 205 cm³/mol. The van der Waals surface area contributed by atoms with Crippen molar-refractivity contribution < 1.29 is 33.5 Å². The molecule has 2 aliphatic heterocycles. The number of primary amides is 1. The van der Waals surface area contributed by atoms with E-state index in [4.69, 9.17) is 15.3 Å². The third-order valence-electron chi connectivity index (χ3n) is 9.93. The number of nitrogens with one attached hydrogen (secondary N) is 1. The monoisotopic (exact) mass is 745 g/mol. The van der Waals surface area contributed by atoms with Gasteiger partial charge in [-0.1, -0.05) is 121 Å². The maximum Gasteiger partial charge on any atom is 0.436 e. The van der Waals surface area contributed by atoms with E-state index in [0.717, 1.165) is 33.7 Å². The molecule has 0 aliphatic carbocycles. The van der Waals surface area contributed by atoms with Gasteiger partial charge in [-0.3, -0.25) is 24.0 Å². The maximum atomic E-state index is 14.7. The number of aryl methyl sites for hydroxylation is 1. The van der Waals surface area contributed by atoms with Crippen LogP contribution in [0.25, 0.3) is 0 Å². The number of nitrogens with zero attached hydrogens (tertiary/aromatic N) is 3. The van der Waals surface area contributed by atoms with Gasteiger partial charge in [0.15, 0.2) is 12.3 Å². The number of nitrogens with two attached hydrogens (primary N) is 1. The van der Waals surface area contributed by atoms with Crippen molar-refractivity contribution in [2.75, 3.05) is 19.7 Å². The molecule has 5 amide bonds. The van der Waals surface area contributed by atoms with Gasteiger partial charge in [0.05, 0.1) is 13.2 Å². The zero-order valence-electron chi connectivity index (χ0n) is 30.7. The molecule has 55 heavy (non-hydrogen) atoms. The Morgan fingerprint density at radius 1 is 0.764 bits per heavy atom. The lowest BCUT2D eigenvalue weighted by molar-refractivity contribution is -0.267. The molecule has 286 valence electrons. The Morgan fingerprint density at radius 3 is 1.93 bits per heavy atom. The lowest BCUT2D eigenvalue weighted by atomic mass is 9.96. The van der Waals surface area contributed by atoms with Crippen LogP contribution in [0, 0.1) is 0 Å². The third-order valence-corrected chi connectivity index (χ3v) is 9.93. The molecule has 0 saturated carbocycles. The highest BCUT2D eigenvalue weighted by Gasteiger charge is 2.55. The van der Waals surface area contributed by atoms with Crippen molar-refractivity contribution in [1.82, 2.24) is 20.2 Å². The van der Waals surface area contributed by atoms with Crippen LogP contribution in [0.15, 0.2) is 121 Å². The molecule has 4 atom stereocenters. The molecule has 0 radical (unpaired) electrons. The molecule has 12 nitrogen and oxygen atoms in total. The first-order chi connectivity index (χ1) is 26.8. The highest BCUT2D eigenvalue weighted by Crippen LogP contribution is 2.32. The second-order valence-electron chi connectivity index (χ2n) is 13.8. The lowest BCUT2D eigenvalue weighted by Gasteiger charge is -2.53. The molecular formula is C43H47N5O7. The number of piperazine rings is 1. The van der Waals surface area contributed by atoms with Crippen LogP contribution in [0.1, 0.15) is 41.5 Å². The minimum atomic E-state index is -1.22. The number of ether oxygens (including phenoxy) is 1. The zero-order chi connectivity index (χ0) is 38.6. The van der Waals surface area contributed by atoms with E-state index in [1.54, 1.807) is 0 Å². The second kappa shape index (κ2) is 18.8. The average Bonchev–Trinajstić information content (AvgIpc) is 3.20. The van der Waals surface area contributed by atoms with Crippen molar-refractivity contribution in [2.24, 2.45) is 5.73 Å². The number of rotatable bonds is 16. The fourth-order valence-corrected chi connectivity index (χ4v) is 7.13. The summed E-state index contributed by atoms with van der Waals surface area (Å²) in [5, 5.41) is 4.05. The van der Waals surface area contributed by atoms with Gasteiger partial charge >= 0.3 is 6.09 Å². The van der Waals surface area contributed by atoms with Gasteiger partial charge in [0.2, 0.25) is 17.7 Å². The van der Waals surface area contributed by atoms with Crippen LogP contribution in [-0.2, 0) is 54.4 Å². The summed E-state index contributed by atoms with van der Waals surface area (Å²) in [6, 6.07) is 35.8. The minimum absolute atomic E-state index is 0.0303. The molecule has 4 aromatic carbocycles. The lowest BCUT2D eigenvalue weighted by Crippen LogP contribution is -2.75. The summed E-state index contributed by atoms with van der Waals surface area (Å²) < 4.78 is 5.74. The topological polar surface area (TPSA) is 152 Å². The number of hydrogen-bond acceptors (Lipinski definition) is 7. The Balaban J connectivity index is 1.30. The molecule has 2 aliphatic rings. The summed E-state index contributed by atoms with van der Waals surface area (Å²) in [4.78, 5) is 78.3. The van der Waals surface area contributed by atoms with E-state index in [1.807, 2.05) is 121 Å². The average molecular weight is 746 g/mol. The van der Waals surface area contributed by atoms with Crippen LogP contribution < -0.4 is 11.1 Å². The number of amides is 5. The van der Waals surface area contributed by atoms with E-state index in [0.29, 0.717) is 19.4 Å². The zero-order valence-corrected chi connectivity index (χ0v) is 30.7. The molecule has 12 heteroatoms. The highest BCUT2D eigenvalue weighted by atomic mass is 16.7. The summed E-state index contributed by atoms with van der Waals surface area (Å²) in [5.74, 6) is -2.08. The van der Waals surface area contributed by atoms with Gasteiger partial charge in [0.1, 0.15) is 12.1 Å². The summed E-state index contributed by atoms with van der Waals surface area (Å²) in [7, 11) is 0. The van der Waals surface area contributed by atoms with Crippen molar-refractivity contribution in [2.45, 2.75) is 69.3 Å². The molecule has 0 spiro atoms. The van der Waals surface area contributed by atoms with Crippen LogP contribution in [-0.4, -0.2) is 88.6 Å². The summed E-state index contributed by atoms with van der Waals surface area (Å²) in [6.07, 6.45) is -1.36. The van der Waals surface area contributed by atoms with Crippen LogP contribution >= 0.6 is 0 Å². The van der Waals surface area contributed by atoms with Crippen molar-refractivity contribution >= 4 is 29.7 Å². The number of hydroxylamine groups is 2. The summed E-state index contributed by atoms with van der Waals surface area (Å²) in [5.41, 5.74) is 9.28. The van der Waals surface area contributed by atoms with E-state index >= 15 is 0 Å². The van der Waals surface area contributed by atoms with E-state index in [9.17, 15) is 24.0 Å². The van der Waals surface area contributed by atoms with E-state index < -0.39 is 48.2 Å². The Bertz CT molecular complexity index is 1900. The van der Waals surface area contributed by atoms with Gasteiger partial charge in [-0.15, -0.1) is 0 Å². The van der Waals surface area contributed by atoms with Crippen LogP contribution in [0.3, 0.4) is 0 Å². The number of carbonyl (C=O) groups excluding carboxylic acids is 5. The van der Waals surface area contributed by atoms with Gasteiger partial charge < -0.3 is 25.6 Å². The molecule has 3 N–H and O–H groups in total. The Morgan fingerprint density at radius 2 is 1.33 bits per heavy atom. The van der Waals surface area contributed by atoms with Crippen molar-refractivity contribution in [3.63, 3.8) is 0 Å². The number of fused-ring (bicyclic) bond motifs is 1. The van der Waals surface area contributed by atoms with E-state index in [-0.39, 0.29) is 44.7 Å². The standard InChI is InChI=1S/C43H47N5O7/c44-38(49)24-23-35-41(51)46(36(28-33-18-9-3-10-19-33)40(50)45-26-13-22-31-14-5-1-6-15-31)30-39-47(35)42(52)37(29-34-20-11-4-12-21-34)55-48(39)43(53)54-27-25-32-16-7-2-8-17-32/h1-12,14-21,35-37,39H,13,22-30H2,(H2,44,49)(H,45,50)/t35-,36-,37+,39?/m0/s1. The smallest absolute Gasteiger partial charge is 0.436 e. The first kappa shape index (κ1) is 38.7. The highest BCUT2D eigenvalue weighted by molar-refractivity contribution is 5.95. The quantitative estimate of drug-likeness (QED) is 0.163. The van der Waals surface area contributed by atoms with Crippen molar-refractivity contribution in [1.29, 1.82) is 0 Å². The SMILES string of the molecule is NC(=O)CC[C@H]1C(=O)N([C@@H](Cc2ccccc2)C(=O)NCCCc2ccccc2)CC2N(C(=O)OCCc3ccccc3)O[C@H](Cc3ccccc3)C(=O)N21. The summed E-state index contributed by atoms with van der Waals surface area (Å²) in [6.45, 7) is 0.158. The normalized spacial score (nSPS) is 18.7. The van der Waals surface area contributed by atoms with E-state index in [2.05, 4.69) is 5.32 Å². The molecule has 1 unspecified atom stereocenters. The molecular weight excluding hydrogens is 699 g/mol. The first-order valence-electron chi connectivity index (χ1n) is 18.8. The fourth-order valence-electron chi connectivity index (χ4n) is 7.13. The van der Waals surface area contributed by atoms with Crippen molar-refractivity contribution in [3.8, 4) is 0 Å². The number of carbonyl (C=O) groups is 5. The van der Waals surface area contributed by atoms with Crippen LogP contribution in [0.5, 0.6) is 0 Å². The largest absolute Gasteiger partial charge is 0.447 e. The molecule has 4 aromatic rings. The van der Waals surface area contributed by atoms with Gasteiger partial charge in [0.25, 0.3) is 5.91 Å². The first-order valence-corrected chi connectivity index (χ1v) is 18.8. The number of hydrogen-bond donors (Lipinski definition) is 2. The Kier molecular flexibility index (Phi) is 13.3. The van der Waals surface area contributed by atoms with Gasteiger partial charge in [-0.25, -0.2) is 4.79 Å². The molecule has 0 bridgehead atoms. The number of benzene rings is 4. The van der Waals surface area contributed by atoms with Crippen LogP contribution in [0.2, 0.25) is 0 Å². The van der Waals surface area contributed by atoms with Crippen molar-refractivity contribution in [3.05, 3.63) is 144 Å².